The maximum absolute atomic E-state index is 12.1. The number of halogens is 4. The van der Waals surface area contributed by atoms with Crippen molar-refractivity contribution in [2.24, 2.45) is 0 Å². The lowest BCUT2D eigenvalue weighted by Gasteiger charge is -2.13. The van der Waals surface area contributed by atoms with Gasteiger partial charge in [0.15, 0.2) is 0 Å². The zero-order valence-electron chi connectivity index (χ0n) is 10.0. The smallest absolute Gasteiger partial charge is 0.247 e. The van der Waals surface area contributed by atoms with Crippen LogP contribution in [0, 0.1) is 0 Å². The summed E-state index contributed by atoms with van der Waals surface area (Å²) in [6.45, 7) is 0. The molecule has 2 aromatic carbocycles. The average molecular weight is 349 g/mol. The van der Waals surface area contributed by atoms with Crippen LogP contribution in [0.4, 0.5) is 5.69 Å². The van der Waals surface area contributed by atoms with Crippen LogP contribution in [0.3, 0.4) is 0 Å². The first kappa shape index (κ1) is 15.5. The van der Waals surface area contributed by atoms with Crippen LogP contribution in [-0.2, 0) is 4.79 Å². The Morgan fingerprint density at radius 2 is 1.55 bits per heavy atom. The second-order valence-electron chi connectivity index (χ2n) is 4.01. The average Bonchev–Trinajstić information content (AvgIpc) is 2.42. The zero-order valence-corrected chi connectivity index (χ0v) is 13.1. The number of amides is 1. The van der Waals surface area contributed by atoms with Gasteiger partial charge in [0.1, 0.15) is 5.38 Å². The first-order chi connectivity index (χ1) is 9.49. The fraction of sp³-hybridized carbons (Fsp3) is 0.0714. The molecule has 0 aliphatic carbocycles. The van der Waals surface area contributed by atoms with E-state index >= 15 is 0 Å². The first-order valence-electron chi connectivity index (χ1n) is 5.63. The number of hydrogen-bond donors (Lipinski definition) is 1. The number of carbonyl (C=O) groups excluding carboxylic acids is 1. The summed E-state index contributed by atoms with van der Waals surface area (Å²) in [7, 11) is 0. The third-order valence-corrected chi connectivity index (χ3v) is 3.84. The van der Waals surface area contributed by atoms with Crippen LogP contribution in [0.15, 0.2) is 42.5 Å². The van der Waals surface area contributed by atoms with Crippen molar-refractivity contribution >= 4 is 58.0 Å². The Morgan fingerprint density at radius 3 is 2.10 bits per heavy atom. The molecular weight excluding hydrogens is 340 g/mol. The molecule has 20 heavy (non-hydrogen) atoms. The monoisotopic (exact) mass is 347 g/mol. The summed E-state index contributed by atoms with van der Waals surface area (Å²) in [4.78, 5) is 12.1. The van der Waals surface area contributed by atoms with Gasteiger partial charge in [0.25, 0.3) is 0 Å². The number of rotatable bonds is 3. The number of alkyl halides is 1. The lowest BCUT2D eigenvalue weighted by atomic mass is 10.1. The van der Waals surface area contributed by atoms with E-state index in [0.717, 1.165) is 0 Å². The molecule has 0 fully saturated rings. The Hall–Kier alpha value is -0.930. The van der Waals surface area contributed by atoms with Gasteiger partial charge in [-0.1, -0.05) is 65.1 Å². The van der Waals surface area contributed by atoms with E-state index in [4.69, 9.17) is 46.4 Å². The molecule has 6 heteroatoms. The Bertz CT molecular complexity index is 607. The van der Waals surface area contributed by atoms with Crippen molar-refractivity contribution in [2.45, 2.75) is 5.38 Å². The van der Waals surface area contributed by atoms with Crippen molar-refractivity contribution in [3.63, 3.8) is 0 Å². The van der Waals surface area contributed by atoms with Crippen LogP contribution >= 0.6 is 46.4 Å². The van der Waals surface area contributed by atoms with E-state index in [1.54, 1.807) is 24.3 Å². The van der Waals surface area contributed by atoms with Gasteiger partial charge < -0.3 is 5.32 Å². The van der Waals surface area contributed by atoms with Crippen LogP contribution < -0.4 is 5.32 Å². The first-order valence-corrected chi connectivity index (χ1v) is 7.20. The summed E-state index contributed by atoms with van der Waals surface area (Å²) in [5.74, 6) is -0.413. The number of benzene rings is 2. The highest BCUT2D eigenvalue weighted by molar-refractivity contribution is 6.43. The van der Waals surface area contributed by atoms with E-state index in [-0.39, 0.29) is 10.0 Å². The molecule has 0 radical (unpaired) electrons. The summed E-state index contributed by atoms with van der Waals surface area (Å²) >= 11 is 23.9. The largest absolute Gasteiger partial charge is 0.322 e. The van der Waals surface area contributed by atoms with E-state index < -0.39 is 11.3 Å². The highest BCUT2D eigenvalue weighted by atomic mass is 35.5. The second-order valence-corrected chi connectivity index (χ2v) is 5.69. The third-order valence-electron chi connectivity index (χ3n) is 2.58. The minimum Gasteiger partial charge on any atom is -0.322 e. The van der Waals surface area contributed by atoms with Gasteiger partial charge >= 0.3 is 0 Å². The summed E-state index contributed by atoms with van der Waals surface area (Å²) in [6.07, 6.45) is 0. The Morgan fingerprint density at radius 1 is 1.00 bits per heavy atom. The van der Waals surface area contributed by atoms with Gasteiger partial charge in [0, 0.05) is 5.02 Å². The van der Waals surface area contributed by atoms with Crippen molar-refractivity contribution < 1.29 is 4.79 Å². The zero-order chi connectivity index (χ0) is 14.7. The fourth-order valence-electron chi connectivity index (χ4n) is 1.62. The normalized spacial score (nSPS) is 12.0. The minimum atomic E-state index is -0.834. The van der Waals surface area contributed by atoms with Crippen LogP contribution in [-0.4, -0.2) is 5.91 Å². The molecular formula is C14H9Cl4NO. The minimum absolute atomic E-state index is 0.257. The molecule has 104 valence electrons. The molecule has 2 nitrogen and oxygen atoms in total. The Balaban J connectivity index is 2.20. The van der Waals surface area contributed by atoms with Crippen LogP contribution in [0.1, 0.15) is 10.9 Å². The second kappa shape index (κ2) is 6.68. The molecule has 0 spiro atoms. The van der Waals surface area contributed by atoms with Crippen LogP contribution in [0.25, 0.3) is 0 Å². The van der Waals surface area contributed by atoms with Gasteiger partial charge in [-0.25, -0.2) is 0 Å². The van der Waals surface area contributed by atoms with Crippen LogP contribution in [0.2, 0.25) is 15.1 Å². The van der Waals surface area contributed by atoms with Gasteiger partial charge in [-0.2, -0.15) is 0 Å². The van der Waals surface area contributed by atoms with Crippen molar-refractivity contribution in [1.82, 2.24) is 0 Å². The summed E-state index contributed by atoms with van der Waals surface area (Å²) in [5, 5.41) is 2.68. The van der Waals surface area contributed by atoms with Gasteiger partial charge in [-0.05, 0) is 17.7 Å². The lowest BCUT2D eigenvalue weighted by molar-refractivity contribution is -0.116. The Labute approximate surface area is 136 Å². The maximum Gasteiger partial charge on any atom is 0.247 e. The molecule has 0 bridgehead atoms. The number of carbonyl (C=O) groups is 1. The molecule has 0 heterocycles. The predicted octanol–water partition coefficient (Wildman–Crippen LogP) is 5.57. The van der Waals surface area contributed by atoms with Gasteiger partial charge in [0.2, 0.25) is 5.91 Å². The van der Waals surface area contributed by atoms with E-state index in [1.165, 1.54) is 12.1 Å². The highest BCUT2D eigenvalue weighted by Crippen LogP contribution is 2.34. The van der Waals surface area contributed by atoms with E-state index in [2.05, 4.69) is 5.32 Å². The lowest BCUT2D eigenvalue weighted by Crippen LogP contribution is -2.17. The summed E-state index contributed by atoms with van der Waals surface area (Å²) in [5.41, 5.74) is 0.984. The molecule has 1 N–H and O–H groups in total. The van der Waals surface area contributed by atoms with E-state index in [9.17, 15) is 4.79 Å². The molecule has 0 saturated heterocycles. The molecule has 2 aromatic rings. The molecule has 0 aliphatic rings. The summed E-state index contributed by atoms with van der Waals surface area (Å²) < 4.78 is 0. The van der Waals surface area contributed by atoms with Crippen molar-refractivity contribution in [3.8, 4) is 0 Å². The molecule has 0 aliphatic heterocycles. The van der Waals surface area contributed by atoms with Crippen LogP contribution in [0.5, 0.6) is 0 Å². The topological polar surface area (TPSA) is 29.1 Å². The molecule has 0 saturated carbocycles. The Kier molecular flexibility index (Phi) is 5.17. The van der Waals surface area contributed by atoms with E-state index in [0.29, 0.717) is 16.3 Å². The van der Waals surface area contributed by atoms with Crippen molar-refractivity contribution in [1.29, 1.82) is 0 Å². The van der Waals surface area contributed by atoms with Crippen molar-refractivity contribution in [3.05, 3.63) is 63.1 Å². The van der Waals surface area contributed by atoms with E-state index in [1.807, 2.05) is 6.07 Å². The molecule has 0 aromatic heterocycles. The fourth-order valence-corrected chi connectivity index (χ4v) is 2.73. The molecule has 2 rings (SSSR count). The summed E-state index contributed by atoms with van der Waals surface area (Å²) in [6, 6.07) is 12.0. The molecule has 1 unspecified atom stereocenters. The van der Waals surface area contributed by atoms with Gasteiger partial charge in [0.05, 0.1) is 15.7 Å². The predicted molar refractivity (Wildman–Crippen MR) is 85.1 cm³/mol. The van der Waals surface area contributed by atoms with Gasteiger partial charge in [-0.15, -0.1) is 11.6 Å². The quantitative estimate of drug-likeness (QED) is 0.722. The standard InChI is InChI=1S/C14H9Cl4NO/c15-9-6-10(16)13(11(17)7-9)19-14(20)12(18)8-4-2-1-3-5-8/h1-7,12H,(H,19,20). The molecule has 1 atom stereocenters. The molecule has 1 amide bonds. The number of hydrogen-bond acceptors (Lipinski definition) is 1. The maximum atomic E-state index is 12.1. The van der Waals surface area contributed by atoms with Gasteiger partial charge in [-0.3, -0.25) is 4.79 Å². The number of anilines is 1. The number of nitrogens with one attached hydrogen (secondary N) is 1. The third kappa shape index (κ3) is 3.58. The highest BCUT2D eigenvalue weighted by Gasteiger charge is 2.19. The van der Waals surface area contributed by atoms with Crippen molar-refractivity contribution in [2.75, 3.05) is 5.32 Å². The SMILES string of the molecule is O=C(Nc1c(Cl)cc(Cl)cc1Cl)C(Cl)c1ccccc1.